The molecule has 1 aromatic rings. The highest BCUT2D eigenvalue weighted by molar-refractivity contribution is 7.80. The molecule has 0 aliphatic rings. The van der Waals surface area contributed by atoms with Gasteiger partial charge >= 0.3 is 0 Å². The van der Waals surface area contributed by atoms with Crippen molar-refractivity contribution in [2.75, 3.05) is 23.3 Å². The molecule has 0 aromatic heterocycles. The summed E-state index contributed by atoms with van der Waals surface area (Å²) < 4.78 is 0. The maximum atomic E-state index is 10.9. The SMILES string of the molecule is CCN(CC)c1ccc(NC(=S)NC(C)=O)c(C)c1. The molecule has 0 heterocycles. The molecule has 0 fully saturated rings. The van der Waals surface area contributed by atoms with Crippen LogP contribution in [0.3, 0.4) is 0 Å². The molecule has 0 radical (unpaired) electrons. The fourth-order valence-corrected chi connectivity index (χ4v) is 2.14. The van der Waals surface area contributed by atoms with Crippen molar-refractivity contribution in [3.8, 4) is 0 Å². The van der Waals surface area contributed by atoms with Gasteiger partial charge in [0.05, 0.1) is 0 Å². The van der Waals surface area contributed by atoms with E-state index < -0.39 is 0 Å². The molecule has 5 heteroatoms. The zero-order valence-electron chi connectivity index (χ0n) is 11.9. The molecule has 0 saturated heterocycles. The van der Waals surface area contributed by atoms with Gasteiger partial charge in [-0.15, -0.1) is 0 Å². The summed E-state index contributed by atoms with van der Waals surface area (Å²) in [5.74, 6) is -0.171. The predicted molar refractivity (Wildman–Crippen MR) is 84.8 cm³/mol. The summed E-state index contributed by atoms with van der Waals surface area (Å²) in [7, 11) is 0. The Kier molecular flexibility index (Phi) is 5.76. The van der Waals surface area contributed by atoms with Crippen LogP contribution in [0.15, 0.2) is 18.2 Å². The molecule has 0 saturated carbocycles. The molecule has 0 atom stereocenters. The number of benzene rings is 1. The molecular weight excluding hydrogens is 258 g/mol. The van der Waals surface area contributed by atoms with Gasteiger partial charge in [0.1, 0.15) is 0 Å². The average Bonchev–Trinajstić information content (AvgIpc) is 2.33. The molecule has 19 heavy (non-hydrogen) atoms. The van der Waals surface area contributed by atoms with Crippen LogP contribution in [0.4, 0.5) is 11.4 Å². The van der Waals surface area contributed by atoms with Gasteiger partial charge in [-0.3, -0.25) is 4.79 Å². The van der Waals surface area contributed by atoms with Gasteiger partial charge in [-0.1, -0.05) is 0 Å². The molecule has 0 spiro atoms. The maximum Gasteiger partial charge on any atom is 0.222 e. The second-order valence-electron chi connectivity index (χ2n) is 4.31. The van der Waals surface area contributed by atoms with Crippen LogP contribution in [0.1, 0.15) is 26.3 Å². The van der Waals surface area contributed by atoms with E-state index in [9.17, 15) is 4.79 Å². The van der Waals surface area contributed by atoms with E-state index in [4.69, 9.17) is 12.2 Å². The quantitative estimate of drug-likeness (QED) is 0.832. The van der Waals surface area contributed by atoms with E-state index in [1.165, 1.54) is 12.6 Å². The lowest BCUT2D eigenvalue weighted by Gasteiger charge is -2.22. The van der Waals surface area contributed by atoms with E-state index in [1.807, 2.05) is 13.0 Å². The highest BCUT2D eigenvalue weighted by Crippen LogP contribution is 2.22. The first-order valence-corrected chi connectivity index (χ1v) is 6.82. The Morgan fingerprint density at radius 2 is 1.95 bits per heavy atom. The monoisotopic (exact) mass is 279 g/mol. The van der Waals surface area contributed by atoms with E-state index >= 15 is 0 Å². The van der Waals surface area contributed by atoms with Crippen LogP contribution >= 0.6 is 12.2 Å². The Morgan fingerprint density at radius 3 is 2.42 bits per heavy atom. The van der Waals surface area contributed by atoms with Gasteiger partial charge in [-0.2, -0.15) is 0 Å². The Hall–Kier alpha value is -1.62. The average molecular weight is 279 g/mol. The molecule has 1 aromatic carbocycles. The fourth-order valence-electron chi connectivity index (χ4n) is 1.89. The van der Waals surface area contributed by atoms with Gasteiger partial charge in [0.15, 0.2) is 5.11 Å². The molecule has 2 N–H and O–H groups in total. The number of nitrogens with zero attached hydrogens (tertiary/aromatic N) is 1. The number of nitrogens with one attached hydrogen (secondary N) is 2. The number of carbonyl (C=O) groups excluding carboxylic acids is 1. The lowest BCUT2D eigenvalue weighted by molar-refractivity contribution is -0.117. The second kappa shape index (κ2) is 7.09. The summed E-state index contributed by atoms with van der Waals surface area (Å²) in [6.45, 7) is 9.68. The van der Waals surface area contributed by atoms with Gasteiger partial charge in [-0.05, 0) is 56.8 Å². The summed E-state index contributed by atoms with van der Waals surface area (Å²) in [5, 5.41) is 5.90. The molecule has 1 rings (SSSR count). The third kappa shape index (κ3) is 4.52. The van der Waals surface area contributed by atoms with Gasteiger partial charge in [0, 0.05) is 31.4 Å². The highest BCUT2D eigenvalue weighted by Gasteiger charge is 2.06. The Labute approximate surface area is 120 Å². The van der Waals surface area contributed by atoms with Crippen molar-refractivity contribution < 1.29 is 4.79 Å². The zero-order valence-corrected chi connectivity index (χ0v) is 12.7. The Morgan fingerprint density at radius 1 is 1.32 bits per heavy atom. The number of anilines is 2. The van der Waals surface area contributed by atoms with Crippen LogP contribution < -0.4 is 15.5 Å². The number of hydrogen-bond acceptors (Lipinski definition) is 3. The minimum atomic E-state index is -0.171. The molecule has 104 valence electrons. The van der Waals surface area contributed by atoms with Crippen molar-refractivity contribution in [1.82, 2.24) is 5.32 Å². The van der Waals surface area contributed by atoms with Crippen LogP contribution in [0, 0.1) is 6.92 Å². The Bertz CT molecular complexity index is 470. The highest BCUT2D eigenvalue weighted by atomic mass is 32.1. The summed E-state index contributed by atoms with van der Waals surface area (Å²) in [6, 6.07) is 6.15. The lowest BCUT2D eigenvalue weighted by Crippen LogP contribution is -2.32. The summed E-state index contributed by atoms with van der Waals surface area (Å²) in [4.78, 5) is 13.2. The van der Waals surface area contributed by atoms with Crippen LogP contribution in [0.25, 0.3) is 0 Å². The predicted octanol–water partition coefficient (Wildman–Crippen LogP) is 2.67. The van der Waals surface area contributed by atoms with Crippen LogP contribution in [0.2, 0.25) is 0 Å². The van der Waals surface area contributed by atoms with Crippen LogP contribution in [-0.2, 0) is 4.79 Å². The maximum absolute atomic E-state index is 10.9. The number of amides is 1. The van der Waals surface area contributed by atoms with E-state index in [2.05, 4.69) is 41.5 Å². The van der Waals surface area contributed by atoms with Crippen molar-refractivity contribution in [3.05, 3.63) is 23.8 Å². The molecule has 4 nitrogen and oxygen atoms in total. The molecular formula is C14H21N3OS. The normalized spacial score (nSPS) is 9.89. The van der Waals surface area contributed by atoms with Crippen LogP contribution in [0.5, 0.6) is 0 Å². The number of carbonyl (C=O) groups is 1. The lowest BCUT2D eigenvalue weighted by atomic mass is 10.1. The number of hydrogen-bond donors (Lipinski definition) is 2. The number of rotatable bonds is 4. The molecule has 1 amide bonds. The minimum absolute atomic E-state index is 0.171. The molecule has 0 unspecified atom stereocenters. The van der Waals surface area contributed by atoms with Gasteiger partial charge in [0.25, 0.3) is 0 Å². The number of thiocarbonyl (C=S) groups is 1. The first-order chi connectivity index (χ1) is 8.97. The molecule has 0 bridgehead atoms. The minimum Gasteiger partial charge on any atom is -0.372 e. The van der Waals surface area contributed by atoms with Gasteiger partial charge in [-0.25, -0.2) is 0 Å². The largest absolute Gasteiger partial charge is 0.372 e. The first-order valence-electron chi connectivity index (χ1n) is 6.42. The summed E-state index contributed by atoms with van der Waals surface area (Å²) in [6.07, 6.45) is 0. The van der Waals surface area contributed by atoms with Crippen molar-refractivity contribution in [1.29, 1.82) is 0 Å². The van der Waals surface area contributed by atoms with Crippen molar-refractivity contribution in [2.45, 2.75) is 27.7 Å². The smallest absolute Gasteiger partial charge is 0.222 e. The first kappa shape index (κ1) is 15.4. The van der Waals surface area contributed by atoms with E-state index in [-0.39, 0.29) is 5.91 Å². The van der Waals surface area contributed by atoms with Gasteiger partial charge < -0.3 is 15.5 Å². The van der Waals surface area contributed by atoms with Gasteiger partial charge in [0.2, 0.25) is 5.91 Å². The van der Waals surface area contributed by atoms with E-state index in [0.29, 0.717) is 5.11 Å². The second-order valence-corrected chi connectivity index (χ2v) is 4.72. The molecule has 0 aliphatic carbocycles. The third-order valence-electron chi connectivity index (χ3n) is 2.88. The van der Waals surface area contributed by atoms with Crippen molar-refractivity contribution in [3.63, 3.8) is 0 Å². The van der Waals surface area contributed by atoms with E-state index in [0.717, 1.165) is 24.3 Å². The van der Waals surface area contributed by atoms with Crippen LogP contribution in [-0.4, -0.2) is 24.1 Å². The summed E-state index contributed by atoms with van der Waals surface area (Å²) in [5.41, 5.74) is 3.20. The molecule has 0 aliphatic heterocycles. The van der Waals surface area contributed by atoms with Crippen molar-refractivity contribution >= 4 is 34.6 Å². The zero-order chi connectivity index (χ0) is 14.4. The third-order valence-corrected chi connectivity index (χ3v) is 3.08. The summed E-state index contributed by atoms with van der Waals surface area (Å²) >= 11 is 5.05. The van der Waals surface area contributed by atoms with Crippen molar-refractivity contribution in [2.24, 2.45) is 0 Å². The standard InChI is InChI=1S/C14H21N3OS/c1-5-17(6-2)12-7-8-13(10(3)9-12)16-14(19)15-11(4)18/h7-9H,5-6H2,1-4H3,(H2,15,16,18,19). The number of aryl methyl sites for hydroxylation is 1. The topological polar surface area (TPSA) is 44.4 Å². The van der Waals surface area contributed by atoms with E-state index in [1.54, 1.807) is 0 Å². The Balaban J connectivity index is 2.82. The fraction of sp³-hybridized carbons (Fsp3) is 0.429.